The van der Waals surface area contributed by atoms with Crippen molar-refractivity contribution in [2.75, 3.05) is 51.1 Å². The molecule has 2 fully saturated rings. The van der Waals surface area contributed by atoms with Crippen molar-refractivity contribution in [2.45, 2.75) is 39.0 Å². The van der Waals surface area contributed by atoms with Gasteiger partial charge in [-0.2, -0.15) is 0 Å². The minimum atomic E-state index is 0.274. The van der Waals surface area contributed by atoms with Crippen molar-refractivity contribution in [1.82, 2.24) is 0 Å². The maximum absolute atomic E-state index is 5.53. The zero-order valence-corrected chi connectivity index (χ0v) is 14.3. The molecule has 0 saturated carbocycles. The van der Waals surface area contributed by atoms with Gasteiger partial charge in [-0.25, -0.2) is 0 Å². The summed E-state index contributed by atoms with van der Waals surface area (Å²) in [6, 6.07) is 0. The minimum Gasteiger partial charge on any atom is -0.380 e. The summed E-state index contributed by atoms with van der Waals surface area (Å²) in [4.78, 5) is 0. The van der Waals surface area contributed by atoms with E-state index in [0.29, 0.717) is 0 Å². The van der Waals surface area contributed by atoms with E-state index in [1.54, 1.807) is 0 Å². The number of hydrogen-bond donors (Lipinski definition) is 0. The van der Waals surface area contributed by atoms with Crippen LogP contribution in [0, 0.1) is 0 Å². The quantitative estimate of drug-likeness (QED) is 0.736. The summed E-state index contributed by atoms with van der Waals surface area (Å²) in [5.74, 6) is 0. The van der Waals surface area contributed by atoms with Crippen LogP contribution < -0.4 is 0 Å². The second kappa shape index (κ2) is 9.65. The van der Waals surface area contributed by atoms with Crippen LogP contribution in [0.3, 0.4) is 0 Å². The molecule has 0 amide bonds. The molecule has 4 atom stereocenters. The molecule has 2 heterocycles. The number of hydrogen-bond acceptors (Lipinski definition) is 2. The van der Waals surface area contributed by atoms with Crippen LogP contribution in [0.15, 0.2) is 0 Å². The Morgan fingerprint density at radius 2 is 1.22 bits per heavy atom. The van der Waals surface area contributed by atoms with Crippen LogP contribution in [0.25, 0.3) is 0 Å². The van der Waals surface area contributed by atoms with Crippen LogP contribution in [-0.2, 0) is 9.47 Å². The summed E-state index contributed by atoms with van der Waals surface area (Å²) >= 11 is 0. The Labute approximate surface area is 116 Å². The van der Waals surface area contributed by atoms with E-state index in [0.717, 1.165) is 37.7 Å². The van der Waals surface area contributed by atoms with Gasteiger partial charge >= 0.3 is 0 Å². The lowest BCUT2D eigenvalue weighted by Crippen LogP contribution is -2.25. The summed E-state index contributed by atoms with van der Waals surface area (Å²) in [5.41, 5.74) is 1.69. The van der Waals surface area contributed by atoms with Crippen molar-refractivity contribution in [1.29, 1.82) is 0 Å². The van der Waals surface area contributed by atoms with Gasteiger partial charge in [0.05, 0.1) is 26.4 Å². The Morgan fingerprint density at radius 3 is 1.56 bits per heavy atom. The molecule has 0 radical (unpaired) electrons. The summed E-state index contributed by atoms with van der Waals surface area (Å²) < 4.78 is 11.1. The maximum Gasteiger partial charge on any atom is 0.0531 e. The molecule has 108 valence electrons. The minimum absolute atomic E-state index is 0.274. The second-order valence-corrected chi connectivity index (χ2v) is 10.8. The van der Waals surface area contributed by atoms with E-state index in [1.807, 2.05) is 13.8 Å². The van der Waals surface area contributed by atoms with Gasteiger partial charge in [0.15, 0.2) is 0 Å². The van der Waals surface area contributed by atoms with Crippen molar-refractivity contribution < 1.29 is 9.47 Å². The average molecular weight is 292 g/mol. The van der Waals surface area contributed by atoms with E-state index in [4.69, 9.17) is 9.47 Å². The third-order valence-electron chi connectivity index (χ3n) is 3.68. The van der Waals surface area contributed by atoms with Crippen molar-refractivity contribution >= 4 is 15.8 Å². The highest BCUT2D eigenvalue weighted by atomic mass is 31.1. The predicted molar refractivity (Wildman–Crippen MR) is 85.2 cm³/mol. The van der Waals surface area contributed by atoms with Gasteiger partial charge in [0.1, 0.15) is 0 Å². The largest absolute Gasteiger partial charge is 0.380 e. The zero-order valence-electron chi connectivity index (χ0n) is 12.5. The van der Waals surface area contributed by atoms with E-state index in [9.17, 15) is 0 Å². The van der Waals surface area contributed by atoms with Gasteiger partial charge in [0.2, 0.25) is 0 Å². The maximum atomic E-state index is 5.53. The molecule has 2 nitrogen and oxygen atoms in total. The Bertz CT molecular complexity index is 192. The summed E-state index contributed by atoms with van der Waals surface area (Å²) in [7, 11) is 0.547. The molecule has 2 aliphatic rings. The predicted octanol–water partition coefficient (Wildman–Crippen LogP) is 3.81. The van der Waals surface area contributed by atoms with E-state index >= 15 is 0 Å². The molecule has 0 aliphatic carbocycles. The molecular formula is C14H30O2P2. The van der Waals surface area contributed by atoms with Gasteiger partial charge in [-0.05, 0) is 36.0 Å². The van der Waals surface area contributed by atoms with Crippen LogP contribution >= 0.6 is 15.8 Å². The highest BCUT2D eigenvalue weighted by Crippen LogP contribution is 2.50. The molecule has 0 bridgehead atoms. The highest BCUT2D eigenvalue weighted by Gasteiger charge is 2.25. The topological polar surface area (TPSA) is 18.5 Å². The van der Waals surface area contributed by atoms with Gasteiger partial charge in [-0.15, -0.1) is 0 Å². The molecule has 4 heteroatoms. The van der Waals surface area contributed by atoms with Crippen LogP contribution in [0.5, 0.6) is 0 Å². The van der Waals surface area contributed by atoms with Crippen LogP contribution in [0.2, 0.25) is 0 Å². The average Bonchev–Trinajstić information content (AvgIpc) is 2.42. The molecule has 4 unspecified atom stereocenters. The molecule has 0 aromatic rings. The molecular weight excluding hydrogens is 262 g/mol. The van der Waals surface area contributed by atoms with E-state index in [2.05, 4.69) is 13.8 Å². The highest BCUT2D eigenvalue weighted by molar-refractivity contribution is 7.62. The standard InChI is InChI=1S/C12H24O2P2.C2H6/c1-11-9-13-3-5-15(11)7-8-16-6-4-14-10-12(16)2;1-2/h11-12H,3-10H2,1-2H3;1-2H3. The van der Waals surface area contributed by atoms with E-state index in [1.165, 1.54) is 24.6 Å². The SMILES string of the molecule is CC.CC1COCCP1CCP1CCOCC1C. The molecule has 0 aromatic carbocycles. The summed E-state index contributed by atoms with van der Waals surface area (Å²) in [5, 5.41) is 0. The Hall–Kier alpha value is 0.780. The van der Waals surface area contributed by atoms with Crippen molar-refractivity contribution in [3.8, 4) is 0 Å². The second-order valence-electron chi connectivity index (χ2n) is 4.92. The first kappa shape index (κ1) is 16.8. The normalized spacial score (nSPS) is 36.7. The molecule has 0 aromatic heterocycles. The van der Waals surface area contributed by atoms with Crippen molar-refractivity contribution in [3.63, 3.8) is 0 Å². The fourth-order valence-corrected chi connectivity index (χ4v) is 8.07. The van der Waals surface area contributed by atoms with Gasteiger partial charge in [-0.1, -0.05) is 43.5 Å². The molecule has 18 heavy (non-hydrogen) atoms. The van der Waals surface area contributed by atoms with Gasteiger partial charge in [-0.3, -0.25) is 0 Å². The van der Waals surface area contributed by atoms with Gasteiger partial charge < -0.3 is 9.47 Å². The monoisotopic (exact) mass is 292 g/mol. The first-order chi connectivity index (χ1) is 8.77. The molecule has 2 saturated heterocycles. The van der Waals surface area contributed by atoms with Gasteiger partial charge in [0, 0.05) is 0 Å². The van der Waals surface area contributed by atoms with E-state index < -0.39 is 0 Å². The Balaban J connectivity index is 0.000000771. The molecule has 2 aliphatic heterocycles. The van der Waals surface area contributed by atoms with Gasteiger partial charge in [0.25, 0.3) is 0 Å². The number of ether oxygens (including phenoxy) is 2. The van der Waals surface area contributed by atoms with Crippen LogP contribution in [0.4, 0.5) is 0 Å². The van der Waals surface area contributed by atoms with Crippen molar-refractivity contribution in [2.24, 2.45) is 0 Å². The van der Waals surface area contributed by atoms with Crippen LogP contribution in [0.1, 0.15) is 27.7 Å². The first-order valence-corrected chi connectivity index (χ1v) is 11.0. The summed E-state index contributed by atoms with van der Waals surface area (Å²) in [6.45, 7) is 12.8. The first-order valence-electron chi connectivity index (χ1n) is 7.41. The summed E-state index contributed by atoms with van der Waals surface area (Å²) in [6.07, 6.45) is 5.70. The molecule has 0 N–H and O–H groups in total. The Morgan fingerprint density at radius 1 is 0.833 bits per heavy atom. The molecule has 0 spiro atoms. The zero-order chi connectivity index (χ0) is 13.4. The third kappa shape index (κ3) is 5.41. The lowest BCUT2D eigenvalue weighted by atomic mass is 10.5. The van der Waals surface area contributed by atoms with Crippen LogP contribution in [-0.4, -0.2) is 62.4 Å². The third-order valence-corrected chi connectivity index (χ3v) is 9.94. The smallest absolute Gasteiger partial charge is 0.0531 e. The molecule has 2 rings (SSSR count). The van der Waals surface area contributed by atoms with E-state index in [-0.39, 0.29) is 15.8 Å². The fraction of sp³-hybridized carbons (Fsp3) is 1.00. The lowest BCUT2D eigenvalue weighted by Gasteiger charge is -2.34. The van der Waals surface area contributed by atoms with Crippen molar-refractivity contribution in [3.05, 3.63) is 0 Å². The number of rotatable bonds is 3. The fourth-order valence-electron chi connectivity index (χ4n) is 2.44. The Kier molecular flexibility index (Phi) is 9.02. The lowest BCUT2D eigenvalue weighted by molar-refractivity contribution is 0.142.